The van der Waals surface area contributed by atoms with Crippen molar-refractivity contribution in [1.82, 2.24) is 29.4 Å². The Morgan fingerprint density at radius 3 is 2.55 bits per heavy atom. The molecule has 7 nitrogen and oxygen atoms in total. The molecule has 3 heterocycles. The van der Waals surface area contributed by atoms with Gasteiger partial charge in [-0.25, -0.2) is 4.68 Å². The lowest BCUT2D eigenvalue weighted by molar-refractivity contribution is 0.0621. The van der Waals surface area contributed by atoms with Gasteiger partial charge in [-0.15, -0.1) is 0 Å². The van der Waals surface area contributed by atoms with Crippen LogP contribution in [-0.4, -0.2) is 61.4 Å². The smallest absolute Gasteiger partial charge is 0.274 e. The molecule has 0 unspecified atom stereocenters. The van der Waals surface area contributed by atoms with Crippen LogP contribution < -0.4 is 0 Å². The number of benzene rings is 1. The number of hydrogen-bond acceptors (Lipinski definition) is 4. The highest BCUT2D eigenvalue weighted by Crippen LogP contribution is 2.23. The van der Waals surface area contributed by atoms with E-state index in [1.165, 1.54) is 0 Å². The van der Waals surface area contributed by atoms with Crippen LogP contribution in [0.15, 0.2) is 47.3 Å². The summed E-state index contributed by atoms with van der Waals surface area (Å²) in [5.41, 5.74) is 1.57. The first-order valence-electron chi connectivity index (χ1n) is 9.15. The Bertz CT molecular complexity index is 1010. The van der Waals surface area contributed by atoms with Gasteiger partial charge in [0.2, 0.25) is 0 Å². The predicted molar refractivity (Wildman–Crippen MR) is 115 cm³/mol. The monoisotopic (exact) mass is 496 g/mol. The van der Waals surface area contributed by atoms with Crippen LogP contribution in [0.5, 0.6) is 0 Å². The van der Waals surface area contributed by atoms with Gasteiger partial charge in [0.15, 0.2) is 0 Å². The molecule has 0 spiro atoms. The molecule has 0 atom stereocenters. The average molecular weight is 498 g/mol. The third kappa shape index (κ3) is 5.01. The van der Waals surface area contributed by atoms with E-state index in [0.29, 0.717) is 35.5 Å². The summed E-state index contributed by atoms with van der Waals surface area (Å²) in [6.07, 6.45) is 5.37. The maximum Gasteiger partial charge on any atom is 0.274 e. The Kier molecular flexibility index (Phi) is 6.24. The molecule has 0 N–H and O–H groups in total. The lowest BCUT2D eigenvalue weighted by Crippen LogP contribution is -2.48. The molecule has 10 heteroatoms. The maximum absolute atomic E-state index is 12.8. The van der Waals surface area contributed by atoms with E-state index in [-0.39, 0.29) is 5.91 Å². The molecule has 1 fully saturated rings. The van der Waals surface area contributed by atoms with Crippen molar-refractivity contribution >= 4 is 45.0 Å². The first kappa shape index (κ1) is 20.4. The molecule has 152 valence electrons. The quantitative estimate of drug-likeness (QED) is 0.540. The van der Waals surface area contributed by atoms with Crippen LogP contribution in [0, 0.1) is 0 Å². The standard InChI is InChI=1S/C19H19BrCl2N6O/c20-15-10-23-28(12-15)13-27-4-3-18(24-27)19(29)26-7-5-25(6-8-26)11-14-1-2-16(21)17(22)9-14/h1-4,9-10,12H,5-8,11,13H2. The zero-order valence-electron chi connectivity index (χ0n) is 15.5. The van der Waals surface area contributed by atoms with Crippen molar-refractivity contribution in [3.63, 3.8) is 0 Å². The van der Waals surface area contributed by atoms with Crippen LogP contribution in [0.25, 0.3) is 0 Å². The highest BCUT2D eigenvalue weighted by molar-refractivity contribution is 9.10. The van der Waals surface area contributed by atoms with E-state index in [2.05, 4.69) is 31.0 Å². The molecule has 1 aliphatic rings. The first-order chi connectivity index (χ1) is 14.0. The lowest BCUT2D eigenvalue weighted by atomic mass is 10.2. The van der Waals surface area contributed by atoms with E-state index in [4.69, 9.17) is 23.2 Å². The largest absolute Gasteiger partial charge is 0.335 e. The van der Waals surface area contributed by atoms with Gasteiger partial charge in [-0.2, -0.15) is 10.2 Å². The van der Waals surface area contributed by atoms with Crippen molar-refractivity contribution < 1.29 is 4.79 Å². The van der Waals surface area contributed by atoms with Gasteiger partial charge in [-0.1, -0.05) is 29.3 Å². The normalized spacial score (nSPS) is 15.1. The Labute approximate surface area is 186 Å². The Morgan fingerprint density at radius 1 is 1.07 bits per heavy atom. The molecule has 2 aromatic heterocycles. The Balaban J connectivity index is 1.31. The molecular weight excluding hydrogens is 479 g/mol. The van der Waals surface area contributed by atoms with Gasteiger partial charge in [-0.05, 0) is 39.7 Å². The van der Waals surface area contributed by atoms with Crippen LogP contribution in [0.1, 0.15) is 16.1 Å². The number of nitrogens with zero attached hydrogens (tertiary/aromatic N) is 6. The summed E-state index contributed by atoms with van der Waals surface area (Å²) in [4.78, 5) is 16.9. The summed E-state index contributed by atoms with van der Waals surface area (Å²) in [7, 11) is 0. The highest BCUT2D eigenvalue weighted by atomic mass is 79.9. The van der Waals surface area contributed by atoms with Crippen LogP contribution >= 0.6 is 39.1 Å². The summed E-state index contributed by atoms with van der Waals surface area (Å²) in [6.45, 7) is 4.17. The van der Waals surface area contributed by atoms with E-state index in [0.717, 1.165) is 29.7 Å². The molecule has 0 bridgehead atoms. The molecule has 29 heavy (non-hydrogen) atoms. The van der Waals surface area contributed by atoms with E-state index in [1.807, 2.05) is 29.3 Å². The number of piperazine rings is 1. The molecule has 0 radical (unpaired) electrons. The molecule has 0 aliphatic carbocycles. The molecule has 1 aromatic carbocycles. The van der Waals surface area contributed by atoms with Crippen molar-refractivity contribution in [1.29, 1.82) is 0 Å². The third-order valence-corrected chi connectivity index (χ3v) is 5.95. The minimum absolute atomic E-state index is 0.0421. The molecule has 1 aliphatic heterocycles. The van der Waals surface area contributed by atoms with Gasteiger partial charge in [0, 0.05) is 45.1 Å². The van der Waals surface area contributed by atoms with E-state index in [1.54, 1.807) is 27.8 Å². The average Bonchev–Trinajstić information content (AvgIpc) is 3.34. The summed E-state index contributed by atoms with van der Waals surface area (Å²) >= 11 is 15.4. The van der Waals surface area contributed by atoms with E-state index < -0.39 is 0 Å². The topological polar surface area (TPSA) is 59.2 Å². The molecule has 1 amide bonds. The summed E-state index contributed by atoms with van der Waals surface area (Å²) in [5.74, 6) is -0.0421. The van der Waals surface area contributed by atoms with Gasteiger partial charge in [0.1, 0.15) is 12.4 Å². The van der Waals surface area contributed by atoms with Gasteiger partial charge >= 0.3 is 0 Å². The number of amides is 1. The summed E-state index contributed by atoms with van der Waals surface area (Å²) in [5, 5.41) is 9.73. The number of carbonyl (C=O) groups is 1. The van der Waals surface area contributed by atoms with Crippen molar-refractivity contribution in [3.8, 4) is 0 Å². The predicted octanol–water partition coefficient (Wildman–Crippen LogP) is 3.61. The van der Waals surface area contributed by atoms with E-state index >= 15 is 0 Å². The number of halogens is 3. The molecule has 0 saturated carbocycles. The van der Waals surface area contributed by atoms with Crippen molar-refractivity contribution in [3.05, 3.63) is 68.6 Å². The number of hydrogen-bond donors (Lipinski definition) is 0. The minimum atomic E-state index is -0.0421. The molecule has 1 saturated heterocycles. The zero-order valence-corrected chi connectivity index (χ0v) is 18.6. The Morgan fingerprint density at radius 2 is 1.86 bits per heavy atom. The molecule has 3 aromatic rings. The second kappa shape index (κ2) is 8.87. The zero-order chi connectivity index (χ0) is 20.4. The SMILES string of the molecule is O=C(c1ccn(Cn2cc(Br)cn2)n1)N1CCN(Cc2ccc(Cl)c(Cl)c2)CC1. The third-order valence-electron chi connectivity index (χ3n) is 4.80. The lowest BCUT2D eigenvalue weighted by Gasteiger charge is -2.34. The van der Waals surface area contributed by atoms with Crippen LogP contribution in [0.3, 0.4) is 0 Å². The minimum Gasteiger partial charge on any atom is -0.335 e. The van der Waals surface area contributed by atoms with Crippen molar-refractivity contribution in [2.24, 2.45) is 0 Å². The van der Waals surface area contributed by atoms with E-state index in [9.17, 15) is 4.79 Å². The maximum atomic E-state index is 12.8. The van der Waals surface area contributed by atoms with Gasteiger partial charge in [-0.3, -0.25) is 14.4 Å². The van der Waals surface area contributed by atoms with Crippen molar-refractivity contribution in [2.75, 3.05) is 26.2 Å². The van der Waals surface area contributed by atoms with Crippen LogP contribution in [-0.2, 0) is 13.2 Å². The number of rotatable bonds is 5. The number of carbonyl (C=O) groups excluding carboxylic acids is 1. The van der Waals surface area contributed by atoms with Crippen molar-refractivity contribution in [2.45, 2.75) is 13.2 Å². The highest BCUT2D eigenvalue weighted by Gasteiger charge is 2.23. The fourth-order valence-electron chi connectivity index (χ4n) is 3.29. The van der Waals surface area contributed by atoms with Gasteiger partial charge in [0.05, 0.1) is 20.7 Å². The van der Waals surface area contributed by atoms with Gasteiger partial charge in [0.25, 0.3) is 5.91 Å². The molecule has 4 rings (SSSR count). The second-order valence-electron chi connectivity index (χ2n) is 6.90. The number of aromatic nitrogens is 4. The summed E-state index contributed by atoms with van der Waals surface area (Å²) in [6, 6.07) is 7.45. The van der Waals surface area contributed by atoms with Crippen LogP contribution in [0.2, 0.25) is 10.0 Å². The van der Waals surface area contributed by atoms with Gasteiger partial charge < -0.3 is 4.90 Å². The second-order valence-corrected chi connectivity index (χ2v) is 8.63. The van der Waals surface area contributed by atoms with Crippen LogP contribution in [0.4, 0.5) is 0 Å². The fraction of sp³-hybridized carbons (Fsp3) is 0.316. The molecular formula is C19H19BrCl2N6O. The fourth-order valence-corrected chi connectivity index (χ4v) is 3.93. The first-order valence-corrected chi connectivity index (χ1v) is 10.7. The summed E-state index contributed by atoms with van der Waals surface area (Å²) < 4.78 is 4.35. The Hall–Kier alpha value is -1.87.